The Morgan fingerprint density at radius 2 is 1.70 bits per heavy atom. The van der Waals surface area contributed by atoms with E-state index < -0.39 is 12.2 Å². The minimum Gasteiger partial charge on any atom is -0.390 e. The van der Waals surface area contributed by atoms with Crippen LogP contribution in [0.4, 0.5) is 0 Å². The molecule has 130 valence electrons. The van der Waals surface area contributed by atoms with Gasteiger partial charge in [0.25, 0.3) is 0 Å². The van der Waals surface area contributed by atoms with E-state index in [-0.39, 0.29) is 28.7 Å². The van der Waals surface area contributed by atoms with Crippen LogP contribution in [0.15, 0.2) is 11.1 Å². The Morgan fingerprint density at radius 3 is 2.43 bits per heavy atom. The van der Waals surface area contributed by atoms with Crippen LogP contribution >= 0.6 is 0 Å². The summed E-state index contributed by atoms with van der Waals surface area (Å²) in [7, 11) is 0. The van der Waals surface area contributed by atoms with Gasteiger partial charge in [-0.1, -0.05) is 31.9 Å². The van der Waals surface area contributed by atoms with Crippen LogP contribution in [0.5, 0.6) is 0 Å². The van der Waals surface area contributed by atoms with E-state index in [1.807, 2.05) is 0 Å². The van der Waals surface area contributed by atoms with Crippen molar-refractivity contribution in [1.29, 1.82) is 0 Å². The van der Waals surface area contributed by atoms with Gasteiger partial charge >= 0.3 is 0 Å². The molecule has 0 bridgehead atoms. The molecule has 0 aliphatic heterocycles. The molecule has 23 heavy (non-hydrogen) atoms. The zero-order valence-electron chi connectivity index (χ0n) is 14.9. The minimum atomic E-state index is -0.608. The first-order valence-corrected chi connectivity index (χ1v) is 9.60. The number of nitrogens with two attached hydrogens (primary N) is 1. The van der Waals surface area contributed by atoms with Crippen LogP contribution in [0.3, 0.4) is 0 Å². The molecule has 0 aromatic heterocycles. The first kappa shape index (κ1) is 16.1. The molecular formula is C20H33NO2. The highest BCUT2D eigenvalue weighted by Crippen LogP contribution is 2.63. The predicted octanol–water partition coefficient (Wildman–Crippen LogP) is 3.00. The number of rotatable bonds is 0. The molecule has 4 rings (SSSR count). The number of hydrogen-bond donors (Lipinski definition) is 3. The summed E-state index contributed by atoms with van der Waals surface area (Å²) < 4.78 is 0. The lowest BCUT2D eigenvalue weighted by atomic mass is 9.47. The van der Waals surface area contributed by atoms with E-state index in [2.05, 4.69) is 20.8 Å². The Balaban J connectivity index is 1.76. The predicted molar refractivity (Wildman–Crippen MR) is 91.7 cm³/mol. The monoisotopic (exact) mass is 319 g/mol. The van der Waals surface area contributed by atoms with Crippen LogP contribution in [0.2, 0.25) is 0 Å². The fraction of sp³-hybridized carbons (Fsp3) is 0.900. The van der Waals surface area contributed by atoms with Gasteiger partial charge in [0, 0.05) is 12.0 Å². The SMILES string of the molecule is CC1(C)CCC2=C1CCC1C2C(O)C(O)C2CC(N)CCC21C. The van der Waals surface area contributed by atoms with E-state index in [0.29, 0.717) is 5.92 Å². The largest absolute Gasteiger partial charge is 0.390 e. The Hall–Kier alpha value is -0.380. The summed E-state index contributed by atoms with van der Waals surface area (Å²) in [5.41, 5.74) is 9.73. The summed E-state index contributed by atoms with van der Waals surface area (Å²) in [5, 5.41) is 21.9. The Kier molecular flexibility index (Phi) is 3.54. The van der Waals surface area contributed by atoms with Crippen molar-refractivity contribution in [1.82, 2.24) is 0 Å². The van der Waals surface area contributed by atoms with Gasteiger partial charge in [0.05, 0.1) is 12.2 Å². The van der Waals surface area contributed by atoms with E-state index in [9.17, 15) is 10.2 Å². The number of allylic oxidation sites excluding steroid dienone is 1. The fourth-order valence-electron chi connectivity index (χ4n) is 6.79. The number of hydrogen-bond acceptors (Lipinski definition) is 3. The Labute approximate surface area is 140 Å². The highest BCUT2D eigenvalue weighted by molar-refractivity contribution is 5.34. The molecule has 0 heterocycles. The van der Waals surface area contributed by atoms with Gasteiger partial charge in [-0.3, -0.25) is 0 Å². The third-order valence-corrected chi connectivity index (χ3v) is 8.20. The quantitative estimate of drug-likeness (QED) is 0.601. The van der Waals surface area contributed by atoms with Crippen LogP contribution in [-0.4, -0.2) is 28.5 Å². The van der Waals surface area contributed by atoms with Gasteiger partial charge in [-0.25, -0.2) is 0 Å². The zero-order chi connectivity index (χ0) is 16.6. The molecule has 0 amide bonds. The summed E-state index contributed by atoms with van der Waals surface area (Å²) in [6, 6.07) is 0.190. The molecule has 4 N–H and O–H groups in total. The van der Waals surface area contributed by atoms with Gasteiger partial charge in [-0.2, -0.15) is 0 Å². The highest BCUT2D eigenvalue weighted by Gasteiger charge is 2.60. The third kappa shape index (κ3) is 2.12. The molecule has 7 unspecified atom stereocenters. The Bertz CT molecular complexity index is 540. The lowest BCUT2D eigenvalue weighted by molar-refractivity contribution is -0.172. The van der Waals surface area contributed by atoms with Crippen LogP contribution < -0.4 is 5.73 Å². The first-order chi connectivity index (χ1) is 10.8. The van der Waals surface area contributed by atoms with Crippen molar-refractivity contribution in [2.24, 2.45) is 34.3 Å². The second-order valence-electron chi connectivity index (χ2n) is 9.69. The molecule has 0 saturated heterocycles. The van der Waals surface area contributed by atoms with E-state index in [0.717, 1.165) is 25.7 Å². The maximum absolute atomic E-state index is 11.0. The second-order valence-corrected chi connectivity index (χ2v) is 9.69. The number of aliphatic hydroxyl groups excluding tert-OH is 2. The molecule has 4 aliphatic rings. The molecule has 7 atom stereocenters. The van der Waals surface area contributed by atoms with Crippen LogP contribution in [0.1, 0.15) is 65.7 Å². The van der Waals surface area contributed by atoms with Crippen molar-refractivity contribution in [3.63, 3.8) is 0 Å². The van der Waals surface area contributed by atoms with Crippen molar-refractivity contribution in [2.75, 3.05) is 0 Å². The van der Waals surface area contributed by atoms with Crippen molar-refractivity contribution < 1.29 is 10.2 Å². The highest BCUT2D eigenvalue weighted by atomic mass is 16.3. The Morgan fingerprint density at radius 1 is 0.957 bits per heavy atom. The third-order valence-electron chi connectivity index (χ3n) is 8.20. The van der Waals surface area contributed by atoms with Crippen molar-refractivity contribution in [3.8, 4) is 0 Å². The zero-order valence-corrected chi connectivity index (χ0v) is 14.9. The summed E-state index contributed by atoms with van der Waals surface area (Å²) in [4.78, 5) is 0. The molecule has 0 spiro atoms. The molecule has 2 fully saturated rings. The van der Waals surface area contributed by atoms with Crippen molar-refractivity contribution in [2.45, 2.75) is 84.0 Å². The maximum Gasteiger partial charge on any atom is 0.0870 e. The molecule has 0 aromatic carbocycles. The van der Waals surface area contributed by atoms with E-state index in [4.69, 9.17) is 5.73 Å². The number of fused-ring (bicyclic) bond motifs is 4. The van der Waals surface area contributed by atoms with Gasteiger partial charge in [0.2, 0.25) is 0 Å². The second kappa shape index (κ2) is 5.06. The fourth-order valence-corrected chi connectivity index (χ4v) is 6.79. The molecule has 3 nitrogen and oxygen atoms in total. The maximum atomic E-state index is 11.0. The average molecular weight is 319 g/mol. The molecule has 3 heteroatoms. The van der Waals surface area contributed by atoms with Crippen LogP contribution in [0.25, 0.3) is 0 Å². The van der Waals surface area contributed by atoms with Crippen molar-refractivity contribution >= 4 is 0 Å². The average Bonchev–Trinajstić information content (AvgIpc) is 2.82. The van der Waals surface area contributed by atoms with Gasteiger partial charge in [0.1, 0.15) is 0 Å². The van der Waals surface area contributed by atoms with Crippen LogP contribution in [-0.2, 0) is 0 Å². The minimum absolute atomic E-state index is 0.143. The summed E-state index contributed by atoms with van der Waals surface area (Å²) in [6.07, 6.45) is 6.54. The molecule has 4 aliphatic carbocycles. The topological polar surface area (TPSA) is 66.5 Å². The first-order valence-electron chi connectivity index (χ1n) is 9.60. The van der Waals surface area contributed by atoms with Gasteiger partial charge in [0.15, 0.2) is 0 Å². The lowest BCUT2D eigenvalue weighted by Crippen LogP contribution is -2.61. The molecule has 0 radical (unpaired) electrons. The smallest absolute Gasteiger partial charge is 0.0870 e. The standard InChI is InChI=1S/C20H33NO2/c1-19(2)8-7-12-13(19)4-5-14-16(12)18(23)17(22)15-10-11(21)6-9-20(14,15)3/h11,14-18,22-23H,4-10,21H2,1-3H3. The normalized spacial score (nSPS) is 51.9. The van der Waals surface area contributed by atoms with E-state index in [1.165, 1.54) is 24.8 Å². The van der Waals surface area contributed by atoms with E-state index >= 15 is 0 Å². The van der Waals surface area contributed by atoms with Gasteiger partial charge in [-0.05, 0) is 67.6 Å². The lowest BCUT2D eigenvalue weighted by Gasteiger charge is -2.60. The molecular weight excluding hydrogens is 286 g/mol. The number of aliphatic hydroxyl groups is 2. The summed E-state index contributed by atoms with van der Waals surface area (Å²) in [5.74, 6) is 0.871. The summed E-state index contributed by atoms with van der Waals surface area (Å²) >= 11 is 0. The van der Waals surface area contributed by atoms with Gasteiger partial charge < -0.3 is 15.9 Å². The van der Waals surface area contributed by atoms with E-state index in [1.54, 1.807) is 5.57 Å². The van der Waals surface area contributed by atoms with Gasteiger partial charge in [-0.15, -0.1) is 0 Å². The summed E-state index contributed by atoms with van der Waals surface area (Å²) in [6.45, 7) is 7.08. The molecule has 0 aromatic rings. The van der Waals surface area contributed by atoms with Crippen LogP contribution in [0, 0.1) is 28.6 Å². The molecule has 2 saturated carbocycles. The van der Waals surface area contributed by atoms with Crippen molar-refractivity contribution in [3.05, 3.63) is 11.1 Å².